The average molecular weight is 568 g/mol. The van der Waals surface area contributed by atoms with Gasteiger partial charge in [0.05, 0.1) is 0 Å². The van der Waals surface area contributed by atoms with Crippen molar-refractivity contribution >= 4 is 56.6 Å². The Labute approximate surface area is 261 Å². The lowest BCUT2D eigenvalue weighted by Gasteiger charge is -2.43. The minimum atomic E-state index is 0.134. The van der Waals surface area contributed by atoms with Crippen molar-refractivity contribution in [2.75, 3.05) is 4.90 Å². The van der Waals surface area contributed by atoms with E-state index < -0.39 is 0 Å². The Bertz CT molecular complexity index is 2380. The summed E-state index contributed by atoms with van der Waals surface area (Å²) < 4.78 is 2.67. The number of rotatable bonds is 3. The molecule has 0 bridgehead atoms. The first-order valence-electron chi connectivity index (χ1n) is 15.7. The van der Waals surface area contributed by atoms with Crippen LogP contribution in [0.4, 0.5) is 17.1 Å². The summed E-state index contributed by atoms with van der Waals surface area (Å²) in [5, 5.41) is 2.69. The number of para-hydroxylation sites is 2. The third-order valence-corrected chi connectivity index (χ3v) is 10.3. The number of benzene rings is 7. The molecule has 45 heavy (non-hydrogen) atoms. The van der Waals surface area contributed by atoms with Gasteiger partial charge in [-0.15, -0.1) is 0 Å². The van der Waals surface area contributed by atoms with Crippen molar-refractivity contribution < 1.29 is 0 Å². The van der Waals surface area contributed by atoms with Crippen molar-refractivity contribution in [3.8, 4) is 44.5 Å². The Kier molecular flexibility index (Phi) is 4.43. The van der Waals surface area contributed by atoms with Gasteiger partial charge < -0.3 is 9.38 Å². The molecule has 0 saturated heterocycles. The summed E-state index contributed by atoms with van der Waals surface area (Å²) in [5.74, 6) is 0. The molecule has 0 amide bonds. The van der Waals surface area contributed by atoms with Gasteiger partial charge in [0.1, 0.15) is 0 Å². The van der Waals surface area contributed by atoms with Gasteiger partial charge in [0.15, 0.2) is 0 Å². The first-order valence-corrected chi connectivity index (χ1v) is 15.7. The van der Waals surface area contributed by atoms with E-state index in [0.717, 1.165) is 0 Å². The molecule has 0 N–H and O–H groups in total. The first-order chi connectivity index (χ1) is 22.3. The highest BCUT2D eigenvalue weighted by molar-refractivity contribution is 6.91. The zero-order chi connectivity index (χ0) is 29.2. The van der Waals surface area contributed by atoms with Gasteiger partial charge >= 0.3 is 6.85 Å². The largest absolute Gasteiger partial charge is 0.375 e. The van der Waals surface area contributed by atoms with E-state index in [1.807, 2.05) is 0 Å². The van der Waals surface area contributed by atoms with Crippen LogP contribution in [-0.4, -0.2) is 11.3 Å². The van der Waals surface area contributed by atoms with Crippen molar-refractivity contribution in [3.05, 3.63) is 152 Å². The Morgan fingerprint density at radius 1 is 0.378 bits per heavy atom. The molecule has 4 heterocycles. The molecule has 0 radical (unpaired) electrons. The van der Waals surface area contributed by atoms with Crippen LogP contribution in [0.25, 0.3) is 66.3 Å². The summed E-state index contributed by atoms with van der Waals surface area (Å²) in [6.07, 6.45) is 0. The van der Waals surface area contributed by atoms with Crippen LogP contribution in [-0.2, 0) is 0 Å². The van der Waals surface area contributed by atoms with E-state index in [1.165, 1.54) is 94.3 Å². The lowest BCUT2D eigenvalue weighted by molar-refractivity contribution is 1.25. The molecule has 3 heteroatoms. The number of aromatic nitrogens is 1. The second kappa shape index (κ2) is 8.43. The van der Waals surface area contributed by atoms with Gasteiger partial charge in [-0.3, -0.25) is 0 Å². The summed E-state index contributed by atoms with van der Waals surface area (Å²) in [6.45, 7) is 0.134. The number of nitrogens with zero attached hydrogens (tertiary/aromatic N) is 2. The molecule has 0 spiro atoms. The zero-order valence-corrected chi connectivity index (χ0v) is 24.4. The van der Waals surface area contributed by atoms with Gasteiger partial charge in [-0.05, 0) is 74.6 Å². The summed E-state index contributed by atoms with van der Waals surface area (Å²) in [6, 6.07) is 56.2. The zero-order valence-electron chi connectivity index (χ0n) is 24.4. The highest BCUT2D eigenvalue weighted by Gasteiger charge is 2.46. The predicted molar refractivity (Wildman–Crippen MR) is 190 cm³/mol. The molecular weight excluding hydrogens is 543 g/mol. The number of hydrogen-bond donors (Lipinski definition) is 0. The topological polar surface area (TPSA) is 8.17 Å². The third kappa shape index (κ3) is 2.95. The standard InChI is InChI=1S/C42H25BN2/c1-3-11-26(12-4-1)28-23-29(27-13-5-2-6-14-27)25-30(24-28)44-37-21-9-15-31-33-17-7-19-35-36-20-8-18-34-32-16-10-22-38(44)40(32)43(39(31)37)45(41(33)35)42(34)36/h1-25H. The lowest BCUT2D eigenvalue weighted by atomic mass is 9.43. The maximum absolute atomic E-state index is 2.67. The molecule has 0 atom stereocenters. The average Bonchev–Trinajstić information content (AvgIpc) is 3.46. The molecule has 2 nitrogen and oxygen atoms in total. The smallest absolute Gasteiger partial charge is 0.333 e. The van der Waals surface area contributed by atoms with E-state index >= 15 is 0 Å². The summed E-state index contributed by atoms with van der Waals surface area (Å²) in [7, 11) is 0. The van der Waals surface area contributed by atoms with Gasteiger partial charge in [-0.25, -0.2) is 0 Å². The monoisotopic (exact) mass is 568 g/mol. The molecule has 1 aromatic heterocycles. The van der Waals surface area contributed by atoms with Gasteiger partial charge in [0, 0.05) is 50.0 Å². The third-order valence-electron chi connectivity index (χ3n) is 10.3. The van der Waals surface area contributed by atoms with Crippen LogP contribution in [0.5, 0.6) is 0 Å². The van der Waals surface area contributed by atoms with Crippen LogP contribution in [0.15, 0.2) is 152 Å². The van der Waals surface area contributed by atoms with E-state index in [0.29, 0.717) is 0 Å². The maximum Gasteiger partial charge on any atom is 0.333 e. The van der Waals surface area contributed by atoms with Crippen LogP contribution >= 0.6 is 0 Å². The highest BCUT2D eigenvalue weighted by atomic mass is 15.2. The van der Waals surface area contributed by atoms with Gasteiger partial charge in [-0.2, -0.15) is 0 Å². The predicted octanol–water partition coefficient (Wildman–Crippen LogP) is 9.53. The Balaban J connectivity index is 1.28. The SMILES string of the molecule is c1ccc(-c2cc(-c3ccccc3)cc(N3c4cccc5c4B4c6c(cccc63)-c3cccc6c7cccc-5c7n4c36)c2)cc1. The fourth-order valence-corrected chi connectivity index (χ4v) is 8.53. The van der Waals surface area contributed by atoms with Crippen molar-refractivity contribution in [1.29, 1.82) is 0 Å². The van der Waals surface area contributed by atoms with Crippen molar-refractivity contribution in [2.45, 2.75) is 0 Å². The number of anilines is 3. The summed E-state index contributed by atoms with van der Waals surface area (Å²) >= 11 is 0. The second-order valence-electron chi connectivity index (χ2n) is 12.5. The Morgan fingerprint density at radius 2 is 0.844 bits per heavy atom. The quantitative estimate of drug-likeness (QED) is 0.193. The lowest BCUT2D eigenvalue weighted by Crippen LogP contribution is -2.58. The van der Waals surface area contributed by atoms with E-state index in [9.17, 15) is 0 Å². The van der Waals surface area contributed by atoms with Crippen molar-refractivity contribution in [3.63, 3.8) is 0 Å². The molecule has 11 rings (SSSR count). The maximum atomic E-state index is 2.67. The van der Waals surface area contributed by atoms with Crippen LogP contribution in [0.3, 0.4) is 0 Å². The first kappa shape index (κ1) is 23.6. The Morgan fingerprint density at radius 3 is 1.36 bits per heavy atom. The molecule has 0 fully saturated rings. The van der Waals surface area contributed by atoms with Gasteiger partial charge in [0.2, 0.25) is 0 Å². The molecule has 7 aromatic carbocycles. The second-order valence-corrected chi connectivity index (χ2v) is 12.5. The van der Waals surface area contributed by atoms with Crippen molar-refractivity contribution in [1.82, 2.24) is 4.48 Å². The minimum Gasteiger partial charge on any atom is -0.375 e. The van der Waals surface area contributed by atoms with Crippen LogP contribution in [0, 0.1) is 0 Å². The molecule has 3 aliphatic heterocycles. The van der Waals surface area contributed by atoms with Gasteiger partial charge in [0.25, 0.3) is 0 Å². The number of fused-ring (bicyclic) bond motifs is 3. The van der Waals surface area contributed by atoms with Crippen LogP contribution < -0.4 is 15.8 Å². The van der Waals surface area contributed by atoms with Crippen LogP contribution in [0.1, 0.15) is 0 Å². The highest BCUT2D eigenvalue weighted by Crippen LogP contribution is 2.50. The molecular formula is C42H25BN2. The van der Waals surface area contributed by atoms with Gasteiger partial charge in [-0.1, -0.05) is 121 Å². The van der Waals surface area contributed by atoms with Crippen molar-refractivity contribution in [2.24, 2.45) is 0 Å². The van der Waals surface area contributed by atoms with E-state index in [2.05, 4.69) is 161 Å². The summed E-state index contributed by atoms with van der Waals surface area (Å²) in [5.41, 5.74) is 19.4. The molecule has 206 valence electrons. The molecule has 0 unspecified atom stereocenters. The molecule has 3 aliphatic rings. The molecule has 0 saturated carbocycles. The normalized spacial score (nSPS) is 13.2. The fourth-order valence-electron chi connectivity index (χ4n) is 8.53. The van der Waals surface area contributed by atoms with E-state index in [1.54, 1.807) is 0 Å². The summed E-state index contributed by atoms with van der Waals surface area (Å²) in [4.78, 5) is 2.53. The molecule has 0 aliphatic carbocycles. The minimum absolute atomic E-state index is 0.134. The van der Waals surface area contributed by atoms with E-state index in [4.69, 9.17) is 0 Å². The van der Waals surface area contributed by atoms with E-state index in [-0.39, 0.29) is 6.85 Å². The fraction of sp³-hybridized carbons (Fsp3) is 0. The Hall–Kier alpha value is -5.80. The van der Waals surface area contributed by atoms with Crippen LogP contribution in [0.2, 0.25) is 0 Å². The number of hydrogen-bond acceptors (Lipinski definition) is 1. The molecule has 8 aromatic rings.